The third kappa shape index (κ3) is 3.49. The number of ether oxygens (including phenoxy) is 2. The van der Waals surface area contributed by atoms with Gasteiger partial charge in [-0.3, -0.25) is 4.90 Å². The minimum Gasteiger partial charge on any atom is -0.348 e. The standard InChI is InChI=1S/C17H29N3O3/c1-12-10-14(11-20(12)15-2-3-15)19-16(21)18-13-4-6-17(7-5-13)22-8-9-23-17/h12-15H,2-11H2,1H3,(H2,18,19,21)/t12-,14+/m1/s1. The quantitative estimate of drug-likeness (QED) is 0.828. The van der Waals surface area contributed by atoms with Crippen LogP contribution in [0.25, 0.3) is 0 Å². The van der Waals surface area contributed by atoms with E-state index in [1.165, 1.54) is 12.8 Å². The van der Waals surface area contributed by atoms with E-state index in [2.05, 4.69) is 22.5 Å². The van der Waals surface area contributed by atoms with E-state index in [9.17, 15) is 4.79 Å². The zero-order valence-corrected chi connectivity index (χ0v) is 14.1. The number of nitrogens with one attached hydrogen (secondary N) is 2. The zero-order valence-electron chi connectivity index (χ0n) is 14.1. The largest absolute Gasteiger partial charge is 0.348 e. The molecule has 0 aromatic carbocycles. The topological polar surface area (TPSA) is 62.8 Å². The third-order valence-corrected chi connectivity index (χ3v) is 5.87. The smallest absolute Gasteiger partial charge is 0.315 e. The van der Waals surface area contributed by atoms with Crippen molar-refractivity contribution in [2.24, 2.45) is 0 Å². The Hall–Kier alpha value is -0.850. The van der Waals surface area contributed by atoms with Gasteiger partial charge < -0.3 is 20.1 Å². The molecule has 2 aliphatic heterocycles. The van der Waals surface area contributed by atoms with Crippen molar-refractivity contribution in [3.05, 3.63) is 0 Å². The number of urea groups is 1. The molecule has 0 aromatic heterocycles. The molecule has 0 aromatic rings. The highest BCUT2D eigenvalue weighted by molar-refractivity contribution is 5.74. The summed E-state index contributed by atoms with van der Waals surface area (Å²) < 4.78 is 11.5. The fraction of sp³-hybridized carbons (Fsp3) is 0.941. The van der Waals surface area contributed by atoms with Gasteiger partial charge in [-0.15, -0.1) is 0 Å². The average molecular weight is 323 g/mol. The fourth-order valence-electron chi connectivity index (χ4n) is 4.48. The Morgan fingerprint density at radius 1 is 1.04 bits per heavy atom. The summed E-state index contributed by atoms with van der Waals surface area (Å²) >= 11 is 0. The molecular weight excluding hydrogens is 294 g/mol. The van der Waals surface area contributed by atoms with Gasteiger partial charge in [-0.05, 0) is 39.0 Å². The van der Waals surface area contributed by atoms with Crippen LogP contribution in [0.15, 0.2) is 0 Å². The summed E-state index contributed by atoms with van der Waals surface area (Å²) in [6.45, 7) is 4.70. The van der Waals surface area contributed by atoms with E-state index in [0.29, 0.717) is 25.3 Å². The van der Waals surface area contributed by atoms with Crippen LogP contribution >= 0.6 is 0 Å². The molecule has 2 aliphatic carbocycles. The van der Waals surface area contributed by atoms with E-state index in [1.807, 2.05) is 0 Å². The van der Waals surface area contributed by atoms with Crippen LogP contribution in [0.4, 0.5) is 4.79 Å². The lowest BCUT2D eigenvalue weighted by Gasteiger charge is -2.35. The molecule has 4 fully saturated rings. The Balaban J connectivity index is 1.20. The first-order valence-electron chi connectivity index (χ1n) is 9.24. The second-order valence-corrected chi connectivity index (χ2v) is 7.71. The van der Waals surface area contributed by atoms with Crippen molar-refractivity contribution in [3.63, 3.8) is 0 Å². The lowest BCUT2D eigenvalue weighted by Crippen LogP contribution is -2.50. The normalized spacial score (nSPS) is 34.8. The minimum absolute atomic E-state index is 0.00550. The monoisotopic (exact) mass is 323 g/mol. The molecular formula is C17H29N3O3. The van der Waals surface area contributed by atoms with Gasteiger partial charge in [0.2, 0.25) is 0 Å². The molecule has 1 spiro atoms. The maximum atomic E-state index is 12.3. The Kier molecular flexibility index (Phi) is 4.24. The molecule has 0 bridgehead atoms. The molecule has 2 saturated carbocycles. The summed E-state index contributed by atoms with van der Waals surface area (Å²) in [5.41, 5.74) is 0. The molecule has 6 nitrogen and oxygen atoms in total. The number of carbonyl (C=O) groups excluding carboxylic acids is 1. The molecule has 2 heterocycles. The Labute approximate surface area is 138 Å². The predicted octanol–water partition coefficient (Wildman–Crippen LogP) is 1.60. The summed E-state index contributed by atoms with van der Waals surface area (Å²) in [6, 6.07) is 1.91. The van der Waals surface area contributed by atoms with Gasteiger partial charge in [0.1, 0.15) is 0 Å². The Morgan fingerprint density at radius 2 is 1.70 bits per heavy atom. The number of likely N-dealkylation sites (tertiary alicyclic amines) is 1. The minimum atomic E-state index is -0.347. The molecule has 2 atom stereocenters. The molecule has 6 heteroatoms. The van der Waals surface area contributed by atoms with Crippen molar-refractivity contribution in [3.8, 4) is 0 Å². The first-order chi connectivity index (χ1) is 11.1. The second kappa shape index (κ2) is 6.22. The number of carbonyl (C=O) groups is 1. The van der Waals surface area contributed by atoms with Crippen molar-refractivity contribution in [2.45, 2.75) is 81.8 Å². The highest BCUT2D eigenvalue weighted by atomic mass is 16.7. The summed E-state index contributed by atoms with van der Waals surface area (Å²) in [6.07, 6.45) is 7.36. The van der Waals surface area contributed by atoms with Crippen LogP contribution in [0.1, 0.15) is 51.9 Å². The number of hydrogen-bond acceptors (Lipinski definition) is 4. The molecule has 2 N–H and O–H groups in total. The maximum absolute atomic E-state index is 12.3. The van der Waals surface area contributed by atoms with Gasteiger partial charge in [-0.2, -0.15) is 0 Å². The Bertz CT molecular complexity index is 438. The van der Waals surface area contributed by atoms with E-state index in [4.69, 9.17) is 9.47 Å². The van der Waals surface area contributed by atoms with Gasteiger partial charge in [-0.25, -0.2) is 4.79 Å². The van der Waals surface area contributed by atoms with Crippen LogP contribution in [0, 0.1) is 0 Å². The molecule has 2 amide bonds. The average Bonchev–Trinajstić information content (AvgIpc) is 3.17. The van der Waals surface area contributed by atoms with Crippen molar-refractivity contribution >= 4 is 6.03 Å². The molecule has 4 aliphatic rings. The summed E-state index contributed by atoms with van der Waals surface area (Å²) in [5.74, 6) is -0.347. The Morgan fingerprint density at radius 3 is 2.35 bits per heavy atom. The fourth-order valence-corrected chi connectivity index (χ4v) is 4.48. The van der Waals surface area contributed by atoms with E-state index in [1.54, 1.807) is 0 Å². The van der Waals surface area contributed by atoms with Gasteiger partial charge in [-0.1, -0.05) is 0 Å². The lowest BCUT2D eigenvalue weighted by atomic mass is 9.90. The molecule has 4 rings (SSSR count). The van der Waals surface area contributed by atoms with Crippen LogP contribution in [0.5, 0.6) is 0 Å². The van der Waals surface area contributed by atoms with Gasteiger partial charge in [0.15, 0.2) is 5.79 Å². The van der Waals surface area contributed by atoms with Gasteiger partial charge in [0.25, 0.3) is 0 Å². The molecule has 130 valence electrons. The van der Waals surface area contributed by atoms with E-state index < -0.39 is 0 Å². The van der Waals surface area contributed by atoms with Crippen LogP contribution < -0.4 is 10.6 Å². The molecule has 2 saturated heterocycles. The van der Waals surface area contributed by atoms with Crippen LogP contribution in [-0.4, -0.2) is 60.6 Å². The van der Waals surface area contributed by atoms with Crippen LogP contribution in [0.3, 0.4) is 0 Å². The van der Waals surface area contributed by atoms with Crippen LogP contribution in [-0.2, 0) is 9.47 Å². The van der Waals surface area contributed by atoms with Gasteiger partial charge in [0.05, 0.1) is 13.2 Å². The van der Waals surface area contributed by atoms with Crippen molar-refractivity contribution in [1.82, 2.24) is 15.5 Å². The zero-order chi connectivity index (χ0) is 15.9. The van der Waals surface area contributed by atoms with Crippen LogP contribution in [0.2, 0.25) is 0 Å². The van der Waals surface area contributed by atoms with E-state index in [-0.39, 0.29) is 17.9 Å². The van der Waals surface area contributed by atoms with Crippen molar-refractivity contribution in [2.75, 3.05) is 19.8 Å². The summed E-state index contributed by atoms with van der Waals surface area (Å²) in [7, 11) is 0. The van der Waals surface area contributed by atoms with Gasteiger partial charge >= 0.3 is 6.03 Å². The SMILES string of the molecule is C[C@@H]1C[C@H](NC(=O)NC2CCC3(CC2)OCCO3)CN1C1CC1. The molecule has 0 radical (unpaired) electrons. The predicted molar refractivity (Wildman–Crippen MR) is 86.2 cm³/mol. The molecule has 23 heavy (non-hydrogen) atoms. The lowest BCUT2D eigenvalue weighted by molar-refractivity contribution is -0.179. The van der Waals surface area contributed by atoms with Gasteiger partial charge in [0, 0.05) is 43.6 Å². The third-order valence-electron chi connectivity index (χ3n) is 5.87. The highest BCUT2D eigenvalue weighted by Crippen LogP contribution is 2.36. The maximum Gasteiger partial charge on any atom is 0.315 e. The van der Waals surface area contributed by atoms with Crippen molar-refractivity contribution < 1.29 is 14.3 Å². The van der Waals surface area contributed by atoms with E-state index in [0.717, 1.165) is 44.7 Å². The summed E-state index contributed by atoms with van der Waals surface area (Å²) in [4.78, 5) is 14.8. The van der Waals surface area contributed by atoms with E-state index >= 15 is 0 Å². The number of rotatable bonds is 3. The molecule has 0 unspecified atom stereocenters. The first kappa shape index (κ1) is 15.7. The first-order valence-corrected chi connectivity index (χ1v) is 9.24. The number of nitrogens with zero attached hydrogens (tertiary/aromatic N) is 1. The summed E-state index contributed by atoms with van der Waals surface area (Å²) in [5, 5.41) is 6.32. The number of hydrogen-bond donors (Lipinski definition) is 2. The second-order valence-electron chi connectivity index (χ2n) is 7.71. The highest BCUT2D eigenvalue weighted by Gasteiger charge is 2.41. The van der Waals surface area contributed by atoms with Crippen molar-refractivity contribution in [1.29, 1.82) is 0 Å². The number of amides is 2.